The highest BCUT2D eigenvalue weighted by molar-refractivity contribution is 5.45. The van der Waals surface area contributed by atoms with Crippen molar-refractivity contribution >= 4 is 11.4 Å². The van der Waals surface area contributed by atoms with E-state index in [4.69, 9.17) is 11.5 Å². The molecule has 0 aliphatic rings. The molecule has 0 amide bonds. The van der Waals surface area contributed by atoms with Crippen molar-refractivity contribution in [1.82, 2.24) is 0 Å². The largest absolute Gasteiger partial charge is 0.399 e. The summed E-state index contributed by atoms with van der Waals surface area (Å²) in [6, 6.07) is 13.7. The Balaban J connectivity index is 0.000000303. The Hall–Kier alpha value is -1.96. The van der Waals surface area contributed by atoms with Gasteiger partial charge in [-0.3, -0.25) is 0 Å². The number of nitrogens with two attached hydrogens (primary N) is 2. The molecule has 2 aromatic carbocycles. The highest BCUT2D eigenvalue weighted by atomic mass is 14.5. The van der Waals surface area contributed by atoms with Crippen LogP contribution in [0.4, 0.5) is 11.4 Å². The first-order valence-electron chi connectivity index (χ1n) is 6.64. The topological polar surface area (TPSA) is 52.0 Å². The van der Waals surface area contributed by atoms with Crippen LogP contribution >= 0.6 is 0 Å². The summed E-state index contributed by atoms with van der Waals surface area (Å²) in [7, 11) is 0. The van der Waals surface area contributed by atoms with Crippen molar-refractivity contribution in [3.05, 3.63) is 59.2 Å². The lowest BCUT2D eigenvalue weighted by Gasteiger charge is -1.98. The molecule has 0 unspecified atom stereocenters. The predicted molar refractivity (Wildman–Crippen MR) is 87.3 cm³/mol. The van der Waals surface area contributed by atoms with Crippen LogP contribution in [0.2, 0.25) is 0 Å². The van der Waals surface area contributed by atoms with Crippen LogP contribution in [0, 0.1) is 20.8 Å². The minimum atomic E-state index is 0.845. The maximum absolute atomic E-state index is 5.53. The number of benzene rings is 2. The van der Waals surface area contributed by atoms with E-state index in [9.17, 15) is 0 Å². The monoisotopic (exact) mass is 258 g/mol. The van der Waals surface area contributed by atoms with Crippen LogP contribution in [0.15, 0.2) is 42.5 Å². The van der Waals surface area contributed by atoms with Gasteiger partial charge in [0.2, 0.25) is 0 Å². The van der Waals surface area contributed by atoms with E-state index in [2.05, 4.69) is 13.8 Å². The summed E-state index contributed by atoms with van der Waals surface area (Å²) in [5, 5.41) is 0. The van der Waals surface area contributed by atoms with Gasteiger partial charge in [-0.1, -0.05) is 38.1 Å². The molecule has 0 radical (unpaired) electrons. The first kappa shape index (κ1) is 17.0. The fourth-order valence-electron chi connectivity index (χ4n) is 1.35. The number of rotatable bonds is 0. The second-order valence-electron chi connectivity index (χ2n) is 4.20. The van der Waals surface area contributed by atoms with Crippen molar-refractivity contribution in [1.29, 1.82) is 0 Å². The number of anilines is 2. The van der Waals surface area contributed by atoms with Gasteiger partial charge in [0.15, 0.2) is 0 Å². The Morgan fingerprint density at radius 1 is 0.684 bits per heavy atom. The molecule has 0 saturated heterocycles. The minimum absolute atomic E-state index is 0.845. The third-order valence-electron chi connectivity index (χ3n) is 2.72. The molecule has 0 aliphatic heterocycles. The van der Waals surface area contributed by atoms with Crippen LogP contribution in [0.3, 0.4) is 0 Å². The SMILES string of the molecule is CC.Cc1ccc(N)cc1C.Cc1ccccc1N. The average molecular weight is 258 g/mol. The van der Waals surface area contributed by atoms with Gasteiger partial charge in [0.25, 0.3) is 0 Å². The molecule has 0 bridgehead atoms. The van der Waals surface area contributed by atoms with Gasteiger partial charge in [-0.05, 0) is 55.7 Å². The summed E-state index contributed by atoms with van der Waals surface area (Å²) in [5.41, 5.74) is 16.5. The van der Waals surface area contributed by atoms with Gasteiger partial charge >= 0.3 is 0 Å². The van der Waals surface area contributed by atoms with Crippen molar-refractivity contribution in [2.45, 2.75) is 34.6 Å². The smallest absolute Gasteiger partial charge is 0.0343 e. The van der Waals surface area contributed by atoms with E-state index in [1.54, 1.807) is 0 Å². The summed E-state index contributed by atoms with van der Waals surface area (Å²) in [4.78, 5) is 0. The van der Waals surface area contributed by atoms with Crippen LogP contribution < -0.4 is 11.5 Å². The summed E-state index contributed by atoms with van der Waals surface area (Å²) in [6.45, 7) is 10.1. The lowest BCUT2D eigenvalue weighted by molar-refractivity contribution is 1.34. The second-order valence-corrected chi connectivity index (χ2v) is 4.20. The van der Waals surface area contributed by atoms with Crippen LogP contribution in [0.1, 0.15) is 30.5 Å². The number of nitrogen functional groups attached to an aromatic ring is 2. The molecule has 2 rings (SSSR count). The van der Waals surface area contributed by atoms with E-state index in [1.807, 2.05) is 63.2 Å². The molecule has 19 heavy (non-hydrogen) atoms. The third-order valence-corrected chi connectivity index (χ3v) is 2.72. The van der Waals surface area contributed by atoms with Gasteiger partial charge in [-0.15, -0.1) is 0 Å². The van der Waals surface area contributed by atoms with Gasteiger partial charge in [0, 0.05) is 11.4 Å². The van der Waals surface area contributed by atoms with Crippen LogP contribution in [-0.4, -0.2) is 0 Å². The second kappa shape index (κ2) is 9.03. The minimum Gasteiger partial charge on any atom is -0.399 e. The van der Waals surface area contributed by atoms with Crippen molar-refractivity contribution in [3.63, 3.8) is 0 Å². The molecular weight excluding hydrogens is 232 g/mol. The molecule has 4 N–H and O–H groups in total. The van der Waals surface area contributed by atoms with Crippen LogP contribution in [0.25, 0.3) is 0 Å². The Labute approximate surface area is 117 Å². The summed E-state index contributed by atoms with van der Waals surface area (Å²) >= 11 is 0. The van der Waals surface area contributed by atoms with E-state index in [1.165, 1.54) is 11.1 Å². The first-order chi connectivity index (χ1) is 9.00. The van der Waals surface area contributed by atoms with Gasteiger partial charge in [0.05, 0.1) is 0 Å². The van der Waals surface area contributed by atoms with Crippen molar-refractivity contribution in [3.8, 4) is 0 Å². The third kappa shape index (κ3) is 6.51. The number of hydrogen-bond acceptors (Lipinski definition) is 2. The number of para-hydroxylation sites is 1. The van der Waals surface area contributed by atoms with E-state index < -0.39 is 0 Å². The fourth-order valence-corrected chi connectivity index (χ4v) is 1.35. The van der Waals surface area contributed by atoms with Gasteiger partial charge in [-0.25, -0.2) is 0 Å². The van der Waals surface area contributed by atoms with E-state index in [0.29, 0.717) is 0 Å². The summed E-state index contributed by atoms with van der Waals surface area (Å²) in [5.74, 6) is 0. The van der Waals surface area contributed by atoms with Gasteiger partial charge in [-0.2, -0.15) is 0 Å². The maximum atomic E-state index is 5.53. The Morgan fingerprint density at radius 2 is 1.26 bits per heavy atom. The van der Waals surface area contributed by atoms with Crippen molar-refractivity contribution < 1.29 is 0 Å². The quantitative estimate of drug-likeness (QED) is 0.684. The molecule has 2 heteroatoms. The zero-order chi connectivity index (χ0) is 14.8. The zero-order valence-electron chi connectivity index (χ0n) is 12.7. The number of aryl methyl sites for hydroxylation is 3. The first-order valence-corrected chi connectivity index (χ1v) is 6.64. The summed E-state index contributed by atoms with van der Waals surface area (Å²) < 4.78 is 0. The van der Waals surface area contributed by atoms with E-state index >= 15 is 0 Å². The molecule has 0 saturated carbocycles. The highest BCUT2D eigenvalue weighted by Gasteiger charge is 1.89. The van der Waals surface area contributed by atoms with Gasteiger partial charge < -0.3 is 11.5 Å². The molecule has 0 aromatic heterocycles. The van der Waals surface area contributed by atoms with E-state index in [0.717, 1.165) is 16.9 Å². The molecule has 104 valence electrons. The zero-order valence-corrected chi connectivity index (χ0v) is 12.7. The fraction of sp³-hybridized carbons (Fsp3) is 0.294. The van der Waals surface area contributed by atoms with E-state index in [-0.39, 0.29) is 0 Å². The number of hydrogen-bond donors (Lipinski definition) is 2. The lowest BCUT2D eigenvalue weighted by Crippen LogP contribution is -1.86. The molecule has 2 nitrogen and oxygen atoms in total. The molecule has 0 fully saturated rings. The van der Waals surface area contributed by atoms with Crippen molar-refractivity contribution in [2.24, 2.45) is 0 Å². The Morgan fingerprint density at radius 3 is 1.63 bits per heavy atom. The molecule has 0 spiro atoms. The molecule has 0 aliphatic carbocycles. The standard InChI is InChI=1S/C8H11N.C7H9N.C2H6/c1-6-3-4-8(9)5-7(6)2;1-6-4-2-3-5-7(6)8;1-2/h3-5H,9H2,1-2H3;2-5H,8H2,1H3;1-2H3. The molecular formula is C17H26N2. The van der Waals surface area contributed by atoms with Crippen LogP contribution in [-0.2, 0) is 0 Å². The summed E-state index contributed by atoms with van der Waals surface area (Å²) in [6.07, 6.45) is 0. The molecule has 2 aromatic rings. The van der Waals surface area contributed by atoms with Crippen molar-refractivity contribution in [2.75, 3.05) is 11.5 Å². The predicted octanol–water partition coefficient (Wildman–Crippen LogP) is 4.49. The molecule has 0 atom stereocenters. The average Bonchev–Trinajstić information content (AvgIpc) is 2.41. The normalized spacial score (nSPS) is 8.68. The lowest BCUT2D eigenvalue weighted by atomic mass is 10.1. The Kier molecular flexibility index (Phi) is 8.10. The van der Waals surface area contributed by atoms with Crippen LogP contribution in [0.5, 0.6) is 0 Å². The maximum Gasteiger partial charge on any atom is 0.0343 e. The highest BCUT2D eigenvalue weighted by Crippen LogP contribution is 2.10. The Bertz CT molecular complexity index is 469. The van der Waals surface area contributed by atoms with Gasteiger partial charge in [0.1, 0.15) is 0 Å². The molecule has 0 heterocycles.